The van der Waals surface area contributed by atoms with Gasteiger partial charge in [0.25, 0.3) is 5.91 Å². The van der Waals surface area contributed by atoms with Gasteiger partial charge in [-0.05, 0) is 50.8 Å². The minimum absolute atomic E-state index is 0.127. The van der Waals surface area contributed by atoms with E-state index in [1.54, 1.807) is 15.4 Å². The van der Waals surface area contributed by atoms with Gasteiger partial charge < -0.3 is 10.0 Å². The van der Waals surface area contributed by atoms with E-state index < -0.39 is 5.97 Å². The number of piperidine rings is 1. The van der Waals surface area contributed by atoms with Crippen LogP contribution in [0.5, 0.6) is 0 Å². The molecule has 1 unspecified atom stereocenters. The third kappa shape index (κ3) is 3.46. The first-order valence-corrected chi connectivity index (χ1v) is 10.5. The van der Waals surface area contributed by atoms with Crippen molar-refractivity contribution < 1.29 is 14.7 Å². The van der Waals surface area contributed by atoms with Crippen LogP contribution in [0.1, 0.15) is 23.3 Å². The molecule has 1 amide bonds. The average molecular weight is 460 g/mol. The highest BCUT2D eigenvalue weighted by Gasteiger charge is 2.28. The highest BCUT2D eigenvalue weighted by molar-refractivity contribution is 14.2. The topological polar surface area (TPSA) is 75.4 Å². The maximum absolute atomic E-state index is 12.2. The Morgan fingerprint density at radius 1 is 1.47 bits per heavy atom. The number of rotatable bonds is 3. The summed E-state index contributed by atoms with van der Waals surface area (Å²) in [6, 6.07) is 1.71. The lowest BCUT2D eigenvalue weighted by molar-refractivity contribution is -0.143. The summed E-state index contributed by atoms with van der Waals surface area (Å²) >= 11 is 5.54. The number of carboxylic acid groups (broad SMARTS) is 1. The van der Waals surface area contributed by atoms with Gasteiger partial charge >= 0.3 is 5.97 Å². The molecule has 1 fully saturated rings. The molecule has 9 heteroatoms. The number of aliphatic carboxylic acids is 1. The zero-order chi connectivity index (χ0) is 14.0. The number of nitrogens with zero attached hydrogens (tertiary/aromatic N) is 3. The van der Waals surface area contributed by atoms with Crippen LogP contribution in [0.3, 0.4) is 0 Å². The van der Waals surface area contributed by atoms with Gasteiger partial charge in [-0.2, -0.15) is 5.10 Å². The van der Waals surface area contributed by atoms with E-state index in [1.807, 2.05) is 0 Å². The van der Waals surface area contributed by atoms with Crippen molar-refractivity contribution >= 4 is 56.2 Å². The number of carbonyl (C=O) groups excluding carboxylic acids is 1. The molecule has 104 valence electrons. The molecule has 1 atom stereocenters. The molecule has 6 nitrogen and oxygen atoms in total. The summed E-state index contributed by atoms with van der Waals surface area (Å²) in [5, 5.41) is 13.2. The largest absolute Gasteiger partial charge is 0.481 e. The first-order chi connectivity index (χ1) is 9.02. The van der Waals surface area contributed by atoms with E-state index in [4.69, 9.17) is 5.11 Å². The molecule has 0 bridgehead atoms. The molecular weight excluding hydrogens is 448 g/mol. The van der Waals surface area contributed by atoms with E-state index in [2.05, 4.69) is 43.1 Å². The Bertz CT molecular complexity index is 502. The monoisotopic (exact) mass is 459 g/mol. The summed E-state index contributed by atoms with van der Waals surface area (Å²) in [5.74, 6) is -1.23. The van der Waals surface area contributed by atoms with Crippen molar-refractivity contribution in [3.8, 4) is 0 Å². The number of hydrogen-bond donors (Lipinski definition) is 1. The van der Waals surface area contributed by atoms with Gasteiger partial charge in [-0.3, -0.25) is 9.59 Å². The Kier molecular flexibility index (Phi) is 5.19. The van der Waals surface area contributed by atoms with Crippen LogP contribution in [-0.4, -0.2) is 44.5 Å². The first-order valence-electron chi connectivity index (χ1n) is 5.67. The zero-order valence-corrected chi connectivity index (χ0v) is 14.6. The van der Waals surface area contributed by atoms with Crippen molar-refractivity contribution in [3.63, 3.8) is 0 Å². The molecule has 0 spiro atoms. The molecule has 2 rings (SSSR count). The molecule has 1 saturated heterocycles. The molecule has 1 aliphatic rings. The Morgan fingerprint density at radius 2 is 2.11 bits per heavy atom. The van der Waals surface area contributed by atoms with E-state index in [0.717, 1.165) is 4.60 Å². The molecule has 0 aliphatic carbocycles. The Morgan fingerprint density at radius 3 is 2.58 bits per heavy atom. The molecule has 1 N–H and O–H groups in total. The smallest absolute Gasteiger partial charge is 0.306 e. The van der Waals surface area contributed by atoms with Crippen LogP contribution < -0.4 is 0 Å². The van der Waals surface area contributed by atoms with Crippen molar-refractivity contribution in [3.05, 3.63) is 16.4 Å². The maximum atomic E-state index is 12.2. The van der Waals surface area contributed by atoms with Gasteiger partial charge in [0, 0.05) is 19.2 Å². The fourth-order valence-electron chi connectivity index (χ4n) is 2.01. The molecule has 2 heterocycles. The van der Waals surface area contributed by atoms with Crippen LogP contribution in [-0.2, 0) is 4.79 Å². The molecule has 1 aliphatic heterocycles. The minimum Gasteiger partial charge on any atom is -0.481 e. The number of likely N-dealkylation sites (tertiary alicyclic amines) is 1. The highest BCUT2D eigenvalue weighted by Crippen LogP contribution is 2.29. The van der Waals surface area contributed by atoms with Crippen molar-refractivity contribution in [1.29, 1.82) is 0 Å². The second kappa shape index (κ2) is 6.49. The maximum Gasteiger partial charge on any atom is 0.306 e. The summed E-state index contributed by atoms with van der Waals surface area (Å²) in [6.45, 7) is 0.958. The van der Waals surface area contributed by atoms with E-state index >= 15 is 0 Å². The van der Waals surface area contributed by atoms with Crippen LogP contribution in [0.15, 0.2) is 10.7 Å². The third-order valence-corrected chi connectivity index (χ3v) is 5.86. The van der Waals surface area contributed by atoms with Crippen LogP contribution in [0.2, 0.25) is 0 Å². The average Bonchev–Trinajstić information content (AvgIpc) is 2.79. The molecular formula is C10H12BrIN3O3P. The first kappa shape index (κ1) is 15.2. The predicted octanol–water partition coefficient (Wildman–Crippen LogP) is 2.37. The number of halogens is 2. The van der Waals surface area contributed by atoms with Crippen LogP contribution in [0.4, 0.5) is 0 Å². The number of aromatic nitrogens is 2. The standard InChI is InChI=1S/C10H12BrIN3O3P/c11-8-5-7(13-15(8)19-12)9(16)14-3-1-6(2-4-14)10(17)18/h5-6,19H,1-4H2,(H,17,18). The SMILES string of the molecule is O=C(O)C1CCN(C(=O)c2cc(Br)n(PI)n2)CC1. The van der Waals surface area contributed by atoms with Gasteiger partial charge in [0.15, 0.2) is 5.69 Å². The lowest BCUT2D eigenvalue weighted by Crippen LogP contribution is -2.40. The molecule has 0 aromatic carbocycles. The van der Waals surface area contributed by atoms with Gasteiger partial charge in [0.2, 0.25) is 0 Å². The molecule has 19 heavy (non-hydrogen) atoms. The lowest BCUT2D eigenvalue weighted by atomic mass is 9.97. The fraction of sp³-hybridized carbons (Fsp3) is 0.500. The van der Waals surface area contributed by atoms with E-state index in [9.17, 15) is 9.59 Å². The number of carboxylic acids is 1. The van der Waals surface area contributed by atoms with Crippen molar-refractivity contribution in [1.82, 2.24) is 14.5 Å². The molecule has 1 aromatic heterocycles. The van der Waals surface area contributed by atoms with E-state index in [0.29, 0.717) is 38.0 Å². The summed E-state index contributed by atoms with van der Waals surface area (Å²) in [5.41, 5.74) is 0.407. The number of carbonyl (C=O) groups is 2. The molecule has 1 aromatic rings. The Labute approximate surface area is 133 Å². The second-order valence-corrected chi connectivity index (χ2v) is 7.11. The van der Waals surface area contributed by atoms with Crippen LogP contribution >= 0.6 is 44.3 Å². The zero-order valence-electron chi connectivity index (χ0n) is 9.84. The quantitative estimate of drug-likeness (QED) is 0.556. The Balaban J connectivity index is 2.03. The van der Waals surface area contributed by atoms with E-state index in [-0.39, 0.29) is 11.8 Å². The van der Waals surface area contributed by atoms with Gasteiger partial charge in [-0.15, -0.1) is 0 Å². The normalized spacial score (nSPS) is 17.3. The van der Waals surface area contributed by atoms with Gasteiger partial charge in [-0.1, -0.05) is 0 Å². The third-order valence-electron chi connectivity index (χ3n) is 3.10. The lowest BCUT2D eigenvalue weighted by Gasteiger charge is -2.29. The molecule has 0 saturated carbocycles. The molecule has 0 radical (unpaired) electrons. The minimum atomic E-state index is -0.773. The van der Waals surface area contributed by atoms with E-state index in [1.165, 1.54) is 0 Å². The van der Waals surface area contributed by atoms with Gasteiger partial charge in [0.05, 0.1) is 12.3 Å². The number of hydrogen-bond acceptors (Lipinski definition) is 3. The highest BCUT2D eigenvalue weighted by atomic mass is 127. The summed E-state index contributed by atoms with van der Waals surface area (Å²) in [6.07, 6.45) is 1.45. The van der Waals surface area contributed by atoms with Gasteiger partial charge in [0.1, 0.15) is 4.60 Å². The summed E-state index contributed by atoms with van der Waals surface area (Å²) in [7, 11) is 0. The summed E-state index contributed by atoms with van der Waals surface area (Å²) < 4.78 is 2.50. The van der Waals surface area contributed by atoms with Crippen molar-refractivity contribution in [2.24, 2.45) is 5.92 Å². The van der Waals surface area contributed by atoms with Crippen LogP contribution in [0.25, 0.3) is 0 Å². The predicted molar refractivity (Wildman–Crippen MR) is 83.9 cm³/mol. The van der Waals surface area contributed by atoms with Crippen molar-refractivity contribution in [2.75, 3.05) is 13.1 Å². The Hall–Kier alpha value is -0.210. The summed E-state index contributed by atoms with van der Waals surface area (Å²) in [4.78, 5) is 24.8. The fourth-order valence-corrected chi connectivity index (χ4v) is 4.96. The van der Waals surface area contributed by atoms with Crippen molar-refractivity contribution in [2.45, 2.75) is 12.8 Å². The second-order valence-electron chi connectivity index (χ2n) is 4.25. The number of amides is 1. The van der Waals surface area contributed by atoms with Crippen LogP contribution in [0, 0.1) is 5.92 Å². The van der Waals surface area contributed by atoms with Gasteiger partial charge in [-0.25, -0.2) is 4.45 Å².